The number of rotatable bonds is 3. The molecule has 0 atom stereocenters. The standard InChI is InChI=1S/C14H14N4O2S/c1-14(2,3)12-8-21-13(17-12)16-10-5-4-9(7-15)11(6-10)18(19)20/h4-6,8H,1-3H3,(H,16,17). The van der Waals surface area contributed by atoms with E-state index in [0.29, 0.717) is 10.8 Å². The third-order valence-electron chi connectivity index (χ3n) is 2.84. The second-order valence-electron chi connectivity index (χ2n) is 5.51. The fourth-order valence-corrected chi connectivity index (χ4v) is 2.61. The summed E-state index contributed by atoms with van der Waals surface area (Å²) in [5, 5.41) is 25.5. The lowest BCUT2D eigenvalue weighted by atomic mass is 9.93. The molecule has 1 aromatic heterocycles. The molecule has 1 N–H and O–H groups in total. The van der Waals surface area contributed by atoms with E-state index in [-0.39, 0.29) is 16.7 Å². The zero-order valence-corrected chi connectivity index (χ0v) is 12.7. The van der Waals surface area contributed by atoms with Crippen molar-refractivity contribution in [2.75, 3.05) is 5.32 Å². The number of nitro groups is 1. The number of aromatic nitrogens is 1. The number of nitriles is 1. The summed E-state index contributed by atoms with van der Waals surface area (Å²) in [5.74, 6) is 0. The number of nitrogens with zero attached hydrogens (tertiary/aromatic N) is 3. The van der Waals surface area contributed by atoms with Crippen LogP contribution in [0.4, 0.5) is 16.5 Å². The van der Waals surface area contributed by atoms with Gasteiger partial charge in [0.2, 0.25) is 0 Å². The Bertz CT molecular complexity index is 725. The summed E-state index contributed by atoms with van der Waals surface area (Å²) in [6, 6.07) is 6.21. The van der Waals surface area contributed by atoms with Gasteiger partial charge in [0.1, 0.15) is 11.6 Å². The number of nitrogens with one attached hydrogen (secondary N) is 1. The van der Waals surface area contributed by atoms with Gasteiger partial charge >= 0.3 is 0 Å². The van der Waals surface area contributed by atoms with Crippen molar-refractivity contribution in [1.29, 1.82) is 5.26 Å². The molecule has 6 nitrogen and oxygen atoms in total. The number of nitro benzene ring substituents is 1. The van der Waals surface area contributed by atoms with Crippen LogP contribution in [0.2, 0.25) is 0 Å². The largest absolute Gasteiger partial charge is 0.331 e. The molecule has 0 unspecified atom stereocenters. The second-order valence-corrected chi connectivity index (χ2v) is 6.37. The monoisotopic (exact) mass is 302 g/mol. The van der Waals surface area contributed by atoms with E-state index in [4.69, 9.17) is 5.26 Å². The molecular formula is C14H14N4O2S. The van der Waals surface area contributed by atoms with Gasteiger partial charge in [-0.2, -0.15) is 5.26 Å². The van der Waals surface area contributed by atoms with E-state index in [1.54, 1.807) is 6.07 Å². The number of hydrogen-bond donors (Lipinski definition) is 1. The van der Waals surface area contributed by atoms with Gasteiger partial charge in [-0.25, -0.2) is 4.98 Å². The molecular weight excluding hydrogens is 288 g/mol. The van der Waals surface area contributed by atoms with E-state index >= 15 is 0 Å². The maximum absolute atomic E-state index is 10.9. The van der Waals surface area contributed by atoms with E-state index < -0.39 is 4.92 Å². The molecule has 0 bridgehead atoms. The number of hydrogen-bond acceptors (Lipinski definition) is 6. The van der Waals surface area contributed by atoms with Gasteiger partial charge in [-0.3, -0.25) is 10.1 Å². The van der Waals surface area contributed by atoms with Crippen LogP contribution >= 0.6 is 11.3 Å². The van der Waals surface area contributed by atoms with Crippen LogP contribution in [0, 0.1) is 21.4 Å². The average Bonchev–Trinajstić information content (AvgIpc) is 2.87. The molecule has 1 heterocycles. The quantitative estimate of drug-likeness (QED) is 0.684. The van der Waals surface area contributed by atoms with Gasteiger partial charge in [-0.05, 0) is 12.1 Å². The Morgan fingerprint density at radius 3 is 2.67 bits per heavy atom. The van der Waals surface area contributed by atoms with E-state index in [1.165, 1.54) is 23.5 Å². The van der Waals surface area contributed by atoms with Crippen molar-refractivity contribution in [3.8, 4) is 6.07 Å². The van der Waals surface area contributed by atoms with E-state index in [2.05, 4.69) is 31.1 Å². The highest BCUT2D eigenvalue weighted by molar-refractivity contribution is 7.13. The highest BCUT2D eigenvalue weighted by Crippen LogP contribution is 2.30. The lowest BCUT2D eigenvalue weighted by molar-refractivity contribution is -0.385. The van der Waals surface area contributed by atoms with Crippen LogP contribution in [0.1, 0.15) is 32.0 Å². The minimum absolute atomic E-state index is 0.0417. The highest BCUT2D eigenvalue weighted by atomic mass is 32.1. The summed E-state index contributed by atoms with van der Waals surface area (Å²) in [6.07, 6.45) is 0. The van der Waals surface area contributed by atoms with E-state index in [9.17, 15) is 10.1 Å². The third-order valence-corrected chi connectivity index (χ3v) is 3.60. The molecule has 0 aliphatic rings. The zero-order chi connectivity index (χ0) is 15.6. The van der Waals surface area contributed by atoms with Gasteiger partial charge in [-0.1, -0.05) is 20.8 Å². The summed E-state index contributed by atoms with van der Waals surface area (Å²) in [6.45, 7) is 6.20. The molecule has 0 fully saturated rings. The summed E-state index contributed by atoms with van der Waals surface area (Å²) in [7, 11) is 0. The molecule has 21 heavy (non-hydrogen) atoms. The maximum atomic E-state index is 10.9. The minimum atomic E-state index is -0.563. The highest BCUT2D eigenvalue weighted by Gasteiger charge is 2.18. The minimum Gasteiger partial charge on any atom is -0.331 e. The molecule has 0 spiro atoms. The van der Waals surface area contributed by atoms with Crippen LogP contribution in [0.25, 0.3) is 0 Å². The number of thiazole rings is 1. The van der Waals surface area contributed by atoms with E-state index in [1.807, 2.05) is 11.4 Å². The Hall–Kier alpha value is -2.46. The normalized spacial score (nSPS) is 11.0. The van der Waals surface area contributed by atoms with Crippen molar-refractivity contribution in [3.05, 3.63) is 45.0 Å². The molecule has 0 aliphatic heterocycles. The van der Waals surface area contributed by atoms with Crippen molar-refractivity contribution in [1.82, 2.24) is 4.98 Å². The van der Waals surface area contributed by atoms with Gasteiger partial charge < -0.3 is 5.32 Å². The molecule has 0 radical (unpaired) electrons. The first-order chi connectivity index (χ1) is 9.81. The topological polar surface area (TPSA) is 91.8 Å². The van der Waals surface area contributed by atoms with Crippen LogP contribution in [0.5, 0.6) is 0 Å². The van der Waals surface area contributed by atoms with Crippen molar-refractivity contribution in [3.63, 3.8) is 0 Å². The summed E-state index contributed by atoms with van der Waals surface area (Å²) >= 11 is 1.44. The van der Waals surface area contributed by atoms with Crippen LogP contribution in [-0.2, 0) is 5.41 Å². The summed E-state index contributed by atoms with van der Waals surface area (Å²) in [4.78, 5) is 14.8. The molecule has 2 rings (SSSR count). The molecule has 0 saturated carbocycles. The van der Waals surface area contributed by atoms with Crippen LogP contribution in [0.15, 0.2) is 23.6 Å². The average molecular weight is 302 g/mol. The van der Waals surface area contributed by atoms with Crippen LogP contribution in [0.3, 0.4) is 0 Å². The first kappa shape index (κ1) is 14.9. The molecule has 7 heteroatoms. The lowest BCUT2D eigenvalue weighted by Crippen LogP contribution is -2.11. The van der Waals surface area contributed by atoms with Gasteiger partial charge in [-0.15, -0.1) is 11.3 Å². The smallest absolute Gasteiger partial charge is 0.289 e. The number of benzene rings is 1. The molecule has 1 aromatic carbocycles. The Balaban J connectivity index is 2.28. The van der Waals surface area contributed by atoms with Gasteiger partial charge in [0, 0.05) is 22.5 Å². The Morgan fingerprint density at radius 2 is 2.14 bits per heavy atom. The molecule has 2 aromatic rings. The van der Waals surface area contributed by atoms with Gasteiger partial charge in [0.05, 0.1) is 10.6 Å². The number of anilines is 2. The van der Waals surface area contributed by atoms with Crippen molar-refractivity contribution < 1.29 is 4.92 Å². The molecule has 0 aliphatic carbocycles. The summed E-state index contributed by atoms with van der Waals surface area (Å²) in [5.41, 5.74) is 1.27. The molecule has 108 valence electrons. The Morgan fingerprint density at radius 1 is 1.43 bits per heavy atom. The predicted octanol–water partition coefficient (Wildman–Crippen LogP) is 3.96. The second kappa shape index (κ2) is 5.50. The SMILES string of the molecule is CC(C)(C)c1csc(Nc2ccc(C#N)c([N+](=O)[O-])c2)n1. The first-order valence-electron chi connectivity index (χ1n) is 6.23. The predicted molar refractivity (Wildman–Crippen MR) is 81.9 cm³/mol. The van der Waals surface area contributed by atoms with Crippen molar-refractivity contribution >= 4 is 27.8 Å². The Labute approximate surface area is 126 Å². The lowest BCUT2D eigenvalue weighted by Gasteiger charge is -2.14. The Kier molecular flexibility index (Phi) is 3.91. The van der Waals surface area contributed by atoms with Gasteiger partial charge in [0.15, 0.2) is 5.13 Å². The van der Waals surface area contributed by atoms with Crippen LogP contribution in [-0.4, -0.2) is 9.91 Å². The van der Waals surface area contributed by atoms with Crippen LogP contribution < -0.4 is 5.32 Å². The molecule has 0 saturated heterocycles. The van der Waals surface area contributed by atoms with Crippen molar-refractivity contribution in [2.24, 2.45) is 0 Å². The summed E-state index contributed by atoms with van der Waals surface area (Å²) < 4.78 is 0. The maximum Gasteiger partial charge on any atom is 0.289 e. The fourth-order valence-electron chi connectivity index (χ4n) is 1.65. The first-order valence-corrected chi connectivity index (χ1v) is 7.11. The zero-order valence-electron chi connectivity index (χ0n) is 11.9. The van der Waals surface area contributed by atoms with Gasteiger partial charge in [0.25, 0.3) is 5.69 Å². The fraction of sp³-hybridized carbons (Fsp3) is 0.286. The van der Waals surface area contributed by atoms with Crippen molar-refractivity contribution in [2.45, 2.75) is 26.2 Å². The third kappa shape index (κ3) is 3.35. The molecule has 0 amide bonds. The van der Waals surface area contributed by atoms with E-state index in [0.717, 1.165) is 5.69 Å².